The molecule has 1 heterocycles. The second-order valence-corrected chi connectivity index (χ2v) is 4.69. The SMILES string of the molecule is Cc1cc(-c2ccc(CBr)cc2F)c(C#N)c(=O)[nH]1. The first kappa shape index (κ1) is 13.5. The van der Waals surface area contributed by atoms with Gasteiger partial charge in [-0.05, 0) is 24.6 Å². The Bertz CT molecular complexity index is 731. The van der Waals surface area contributed by atoms with Crippen LogP contribution in [-0.2, 0) is 5.33 Å². The van der Waals surface area contributed by atoms with Gasteiger partial charge in [0.15, 0.2) is 0 Å². The molecule has 0 unspecified atom stereocenters. The minimum absolute atomic E-state index is 0.0731. The highest BCUT2D eigenvalue weighted by Gasteiger charge is 2.14. The first-order valence-corrected chi connectivity index (χ1v) is 6.67. The van der Waals surface area contributed by atoms with Crippen LogP contribution in [0.4, 0.5) is 4.39 Å². The Morgan fingerprint density at radius 2 is 2.11 bits per heavy atom. The second kappa shape index (κ2) is 5.37. The molecule has 0 bridgehead atoms. The number of aromatic nitrogens is 1. The number of aryl methyl sites for hydroxylation is 1. The zero-order valence-corrected chi connectivity index (χ0v) is 11.7. The minimum atomic E-state index is -0.499. The van der Waals surface area contributed by atoms with Gasteiger partial charge in [-0.1, -0.05) is 28.1 Å². The maximum Gasteiger partial charge on any atom is 0.266 e. The van der Waals surface area contributed by atoms with Gasteiger partial charge < -0.3 is 4.98 Å². The van der Waals surface area contributed by atoms with Crippen LogP contribution in [0.15, 0.2) is 29.1 Å². The van der Waals surface area contributed by atoms with Gasteiger partial charge in [-0.15, -0.1) is 0 Å². The molecule has 3 nitrogen and oxygen atoms in total. The molecule has 0 aliphatic rings. The molecule has 1 aromatic heterocycles. The maximum atomic E-state index is 14.1. The van der Waals surface area contributed by atoms with Crippen molar-refractivity contribution in [3.8, 4) is 17.2 Å². The fourth-order valence-corrected chi connectivity index (χ4v) is 2.22. The van der Waals surface area contributed by atoms with E-state index in [1.807, 2.05) is 6.07 Å². The molecule has 0 aliphatic carbocycles. The van der Waals surface area contributed by atoms with E-state index < -0.39 is 11.4 Å². The Balaban J connectivity index is 2.72. The molecule has 96 valence electrons. The van der Waals surface area contributed by atoms with Crippen LogP contribution in [0.3, 0.4) is 0 Å². The van der Waals surface area contributed by atoms with Crippen molar-refractivity contribution in [3.63, 3.8) is 0 Å². The number of alkyl halides is 1. The Hall–Kier alpha value is -1.93. The molecule has 1 N–H and O–H groups in total. The Morgan fingerprint density at radius 1 is 1.37 bits per heavy atom. The van der Waals surface area contributed by atoms with Crippen LogP contribution in [0.25, 0.3) is 11.1 Å². The average Bonchev–Trinajstić information content (AvgIpc) is 2.37. The largest absolute Gasteiger partial charge is 0.325 e. The van der Waals surface area contributed by atoms with Crippen molar-refractivity contribution in [2.45, 2.75) is 12.3 Å². The lowest BCUT2D eigenvalue weighted by Crippen LogP contribution is -2.13. The van der Waals surface area contributed by atoms with Crippen LogP contribution in [0.2, 0.25) is 0 Å². The van der Waals surface area contributed by atoms with E-state index >= 15 is 0 Å². The first-order valence-electron chi connectivity index (χ1n) is 5.55. The number of halogens is 2. The first-order chi connectivity index (χ1) is 9.06. The smallest absolute Gasteiger partial charge is 0.266 e. The summed E-state index contributed by atoms with van der Waals surface area (Å²) in [6.07, 6.45) is 0. The Kier molecular flexibility index (Phi) is 3.82. The molecule has 2 aromatic rings. The number of nitriles is 1. The Labute approximate surface area is 117 Å². The lowest BCUT2D eigenvalue weighted by Gasteiger charge is -2.07. The van der Waals surface area contributed by atoms with Gasteiger partial charge in [0.2, 0.25) is 0 Å². The van der Waals surface area contributed by atoms with Crippen LogP contribution in [0, 0.1) is 24.1 Å². The van der Waals surface area contributed by atoms with Gasteiger partial charge in [-0.3, -0.25) is 4.79 Å². The lowest BCUT2D eigenvalue weighted by molar-refractivity contribution is 0.630. The van der Waals surface area contributed by atoms with Gasteiger partial charge in [0.1, 0.15) is 17.4 Å². The topological polar surface area (TPSA) is 56.6 Å². The van der Waals surface area contributed by atoms with Crippen molar-refractivity contribution in [1.29, 1.82) is 5.26 Å². The molecule has 2 rings (SSSR count). The van der Waals surface area contributed by atoms with Crippen molar-refractivity contribution < 1.29 is 4.39 Å². The second-order valence-electron chi connectivity index (χ2n) is 4.13. The fourth-order valence-electron chi connectivity index (χ4n) is 1.87. The highest BCUT2D eigenvalue weighted by atomic mass is 79.9. The molecule has 5 heteroatoms. The molecule has 0 atom stereocenters. The zero-order chi connectivity index (χ0) is 14.0. The summed E-state index contributed by atoms with van der Waals surface area (Å²) < 4.78 is 14.1. The molecule has 0 aliphatic heterocycles. The summed E-state index contributed by atoms with van der Waals surface area (Å²) in [7, 11) is 0. The maximum absolute atomic E-state index is 14.1. The third-order valence-electron chi connectivity index (χ3n) is 2.76. The van der Waals surface area contributed by atoms with Crippen LogP contribution in [0.5, 0.6) is 0 Å². The number of pyridine rings is 1. The van der Waals surface area contributed by atoms with Gasteiger partial charge in [0.25, 0.3) is 5.56 Å². The molecule has 19 heavy (non-hydrogen) atoms. The van der Waals surface area contributed by atoms with E-state index in [9.17, 15) is 9.18 Å². The number of rotatable bonds is 2. The highest BCUT2D eigenvalue weighted by molar-refractivity contribution is 9.08. The minimum Gasteiger partial charge on any atom is -0.325 e. The molecular weight excluding hydrogens is 311 g/mol. The van der Waals surface area contributed by atoms with Gasteiger partial charge in [0, 0.05) is 22.2 Å². The van der Waals surface area contributed by atoms with Crippen molar-refractivity contribution in [2.75, 3.05) is 0 Å². The van der Waals surface area contributed by atoms with Gasteiger partial charge in [0.05, 0.1) is 0 Å². The summed E-state index contributed by atoms with van der Waals surface area (Å²) in [6, 6.07) is 8.16. The average molecular weight is 321 g/mol. The number of nitrogens with zero attached hydrogens (tertiary/aromatic N) is 1. The van der Waals surface area contributed by atoms with Crippen molar-refractivity contribution in [1.82, 2.24) is 4.98 Å². The fraction of sp³-hybridized carbons (Fsp3) is 0.143. The van der Waals surface area contributed by atoms with Gasteiger partial charge in [-0.2, -0.15) is 5.26 Å². The van der Waals surface area contributed by atoms with Crippen LogP contribution in [-0.4, -0.2) is 4.98 Å². The molecule has 0 saturated carbocycles. The summed E-state index contributed by atoms with van der Waals surface area (Å²) in [5.41, 5.74) is 1.39. The third-order valence-corrected chi connectivity index (χ3v) is 3.41. The van der Waals surface area contributed by atoms with E-state index in [-0.39, 0.29) is 11.1 Å². The standard InChI is InChI=1S/C14H10BrFN2O/c1-8-4-11(12(7-17)14(19)18-8)10-3-2-9(6-15)5-13(10)16/h2-5H,6H2,1H3,(H,18,19). The lowest BCUT2D eigenvalue weighted by atomic mass is 9.99. The normalized spacial score (nSPS) is 10.2. The molecule has 0 fully saturated rings. The van der Waals surface area contributed by atoms with Gasteiger partial charge in [-0.25, -0.2) is 4.39 Å². The summed E-state index contributed by atoms with van der Waals surface area (Å²) in [5, 5.41) is 9.59. The quantitative estimate of drug-likeness (QED) is 0.863. The van der Waals surface area contributed by atoms with Crippen molar-refractivity contribution >= 4 is 15.9 Å². The van der Waals surface area contributed by atoms with Crippen molar-refractivity contribution in [2.24, 2.45) is 0 Å². The molecule has 0 radical (unpaired) electrons. The number of hydrogen-bond donors (Lipinski definition) is 1. The summed E-state index contributed by atoms with van der Waals surface area (Å²) in [5.74, 6) is -0.446. The molecule has 0 amide bonds. The van der Waals surface area contributed by atoms with Crippen LogP contribution in [0.1, 0.15) is 16.8 Å². The highest BCUT2D eigenvalue weighted by Crippen LogP contribution is 2.26. The molecule has 0 spiro atoms. The van der Waals surface area contributed by atoms with Gasteiger partial charge >= 0.3 is 0 Å². The van der Waals surface area contributed by atoms with E-state index in [0.29, 0.717) is 16.6 Å². The summed E-state index contributed by atoms with van der Waals surface area (Å²) >= 11 is 3.25. The van der Waals surface area contributed by atoms with E-state index in [4.69, 9.17) is 5.26 Å². The molecular formula is C14H10BrFN2O. The van der Waals surface area contributed by atoms with E-state index in [1.54, 1.807) is 25.1 Å². The van der Waals surface area contributed by atoms with E-state index in [0.717, 1.165) is 5.56 Å². The van der Waals surface area contributed by atoms with E-state index in [2.05, 4.69) is 20.9 Å². The molecule has 1 aromatic carbocycles. The van der Waals surface area contributed by atoms with E-state index in [1.165, 1.54) is 6.07 Å². The number of benzene rings is 1. The Morgan fingerprint density at radius 3 is 2.68 bits per heavy atom. The molecule has 0 saturated heterocycles. The number of hydrogen-bond acceptors (Lipinski definition) is 2. The van der Waals surface area contributed by atoms with Crippen LogP contribution < -0.4 is 5.56 Å². The third kappa shape index (κ3) is 2.59. The zero-order valence-electron chi connectivity index (χ0n) is 10.1. The number of H-pyrrole nitrogens is 1. The predicted molar refractivity (Wildman–Crippen MR) is 74.5 cm³/mol. The number of nitrogens with one attached hydrogen (secondary N) is 1. The van der Waals surface area contributed by atoms with Crippen LogP contribution >= 0.6 is 15.9 Å². The van der Waals surface area contributed by atoms with Crippen molar-refractivity contribution in [3.05, 3.63) is 57.3 Å². The summed E-state index contributed by atoms with van der Waals surface area (Å²) in [4.78, 5) is 14.2. The summed E-state index contributed by atoms with van der Waals surface area (Å²) in [6.45, 7) is 1.69. The predicted octanol–water partition coefficient (Wildman–Crippen LogP) is 3.26. The number of aromatic amines is 1. The monoisotopic (exact) mass is 320 g/mol.